The number of benzene rings is 2. The van der Waals surface area contributed by atoms with Crippen molar-refractivity contribution in [2.24, 2.45) is 0 Å². The quantitative estimate of drug-likeness (QED) is 0.606. The van der Waals surface area contributed by atoms with Gasteiger partial charge < -0.3 is 15.0 Å². The number of sulfonamides is 1. The van der Waals surface area contributed by atoms with E-state index >= 15 is 0 Å². The molecule has 0 amide bonds. The van der Waals surface area contributed by atoms with Crippen LogP contribution in [0.15, 0.2) is 53.6 Å². The number of nitrogen functional groups attached to an aromatic ring is 1. The van der Waals surface area contributed by atoms with Gasteiger partial charge in [-0.05, 0) is 55.3 Å². The number of nitriles is 1. The molecule has 0 radical (unpaired) electrons. The van der Waals surface area contributed by atoms with Crippen molar-refractivity contribution in [3.63, 3.8) is 0 Å². The standard InChI is InChI=1S/C21H20N4O4S/c1-13-4-5-14(2)18(10-13)24-30(27,28)17-8-6-16(7-9-17)25-12-15(11-22)19(23)20(25)21(26)29-3/h4-10,12,24H,23H2,1-3H3. The molecule has 154 valence electrons. The number of hydrogen-bond donors (Lipinski definition) is 2. The maximum Gasteiger partial charge on any atom is 0.357 e. The van der Waals surface area contributed by atoms with Crippen LogP contribution < -0.4 is 10.5 Å². The number of esters is 1. The maximum absolute atomic E-state index is 12.8. The number of aromatic nitrogens is 1. The summed E-state index contributed by atoms with van der Waals surface area (Å²) < 4.78 is 34.3. The number of hydrogen-bond acceptors (Lipinski definition) is 6. The molecular weight excluding hydrogens is 404 g/mol. The first-order valence-corrected chi connectivity index (χ1v) is 10.4. The van der Waals surface area contributed by atoms with E-state index in [4.69, 9.17) is 10.5 Å². The molecule has 9 heteroatoms. The highest BCUT2D eigenvalue weighted by atomic mass is 32.2. The molecule has 30 heavy (non-hydrogen) atoms. The SMILES string of the molecule is COC(=O)c1c(N)c(C#N)cn1-c1ccc(S(=O)(=O)Nc2cc(C)ccc2C)cc1. The zero-order chi connectivity index (χ0) is 22.1. The Kier molecular flexibility index (Phi) is 5.54. The van der Waals surface area contributed by atoms with Crippen molar-refractivity contribution in [2.75, 3.05) is 17.6 Å². The van der Waals surface area contributed by atoms with Crippen molar-refractivity contribution >= 4 is 27.4 Å². The van der Waals surface area contributed by atoms with Crippen LogP contribution >= 0.6 is 0 Å². The largest absolute Gasteiger partial charge is 0.464 e. The van der Waals surface area contributed by atoms with E-state index in [0.717, 1.165) is 11.1 Å². The van der Waals surface area contributed by atoms with Crippen LogP contribution in [0.4, 0.5) is 11.4 Å². The highest BCUT2D eigenvalue weighted by Crippen LogP contribution is 2.26. The van der Waals surface area contributed by atoms with Crippen LogP contribution in [0, 0.1) is 25.2 Å². The first kappa shape index (κ1) is 21.0. The fraction of sp³-hybridized carbons (Fsp3) is 0.143. The van der Waals surface area contributed by atoms with Gasteiger partial charge in [-0.2, -0.15) is 5.26 Å². The third-order valence-corrected chi connectivity index (χ3v) is 5.99. The van der Waals surface area contributed by atoms with Crippen molar-refractivity contribution in [3.8, 4) is 11.8 Å². The van der Waals surface area contributed by atoms with Crippen LogP contribution in [0.5, 0.6) is 0 Å². The Balaban J connectivity index is 1.98. The van der Waals surface area contributed by atoms with Gasteiger partial charge in [-0.3, -0.25) is 4.72 Å². The number of carbonyl (C=O) groups excluding carboxylic acids is 1. The first-order chi connectivity index (χ1) is 14.2. The molecule has 0 aliphatic carbocycles. The van der Waals surface area contributed by atoms with Crippen molar-refractivity contribution in [1.82, 2.24) is 4.57 Å². The van der Waals surface area contributed by atoms with Gasteiger partial charge >= 0.3 is 5.97 Å². The lowest BCUT2D eigenvalue weighted by atomic mass is 10.1. The molecule has 2 aromatic carbocycles. The monoisotopic (exact) mass is 424 g/mol. The number of nitrogens with one attached hydrogen (secondary N) is 1. The molecular formula is C21H20N4O4S. The molecule has 3 aromatic rings. The molecule has 0 fully saturated rings. The Bertz CT molecular complexity index is 1270. The molecule has 3 rings (SSSR count). The van der Waals surface area contributed by atoms with Gasteiger partial charge in [0, 0.05) is 11.9 Å². The van der Waals surface area contributed by atoms with Crippen LogP contribution in [-0.2, 0) is 14.8 Å². The van der Waals surface area contributed by atoms with Gasteiger partial charge in [-0.25, -0.2) is 13.2 Å². The molecule has 0 aliphatic heterocycles. The third kappa shape index (κ3) is 3.86. The van der Waals surface area contributed by atoms with E-state index in [-0.39, 0.29) is 21.8 Å². The van der Waals surface area contributed by atoms with E-state index in [1.807, 2.05) is 32.0 Å². The van der Waals surface area contributed by atoms with Gasteiger partial charge in [-0.15, -0.1) is 0 Å². The van der Waals surface area contributed by atoms with Crippen LogP contribution in [-0.4, -0.2) is 26.1 Å². The van der Waals surface area contributed by atoms with Gasteiger partial charge in [-0.1, -0.05) is 12.1 Å². The Morgan fingerprint density at radius 2 is 1.83 bits per heavy atom. The second-order valence-corrected chi connectivity index (χ2v) is 8.38. The summed E-state index contributed by atoms with van der Waals surface area (Å²) >= 11 is 0. The lowest BCUT2D eigenvalue weighted by Gasteiger charge is -2.13. The number of nitrogens with zero attached hydrogens (tertiary/aromatic N) is 2. The van der Waals surface area contributed by atoms with Gasteiger partial charge in [0.2, 0.25) is 0 Å². The Hall–Kier alpha value is -3.77. The minimum Gasteiger partial charge on any atom is -0.464 e. The fourth-order valence-corrected chi connectivity index (χ4v) is 4.08. The summed E-state index contributed by atoms with van der Waals surface area (Å²) in [4.78, 5) is 12.2. The fourth-order valence-electron chi connectivity index (χ4n) is 2.95. The van der Waals surface area contributed by atoms with Gasteiger partial charge in [0.1, 0.15) is 6.07 Å². The molecule has 0 unspecified atom stereocenters. The third-order valence-electron chi connectivity index (χ3n) is 4.61. The number of carbonyl (C=O) groups is 1. The van der Waals surface area contributed by atoms with Crippen LogP contribution in [0.25, 0.3) is 5.69 Å². The summed E-state index contributed by atoms with van der Waals surface area (Å²) in [5.74, 6) is -0.706. The average Bonchev–Trinajstić information content (AvgIpc) is 3.06. The number of rotatable bonds is 5. The molecule has 0 spiro atoms. The maximum atomic E-state index is 12.8. The second-order valence-electron chi connectivity index (χ2n) is 6.70. The van der Waals surface area contributed by atoms with E-state index in [0.29, 0.717) is 11.4 Å². The van der Waals surface area contributed by atoms with Crippen molar-refractivity contribution in [1.29, 1.82) is 5.26 Å². The molecule has 0 bridgehead atoms. The number of aryl methyl sites for hydroxylation is 2. The Morgan fingerprint density at radius 3 is 2.43 bits per heavy atom. The van der Waals surface area contributed by atoms with Crippen molar-refractivity contribution < 1.29 is 17.9 Å². The second kappa shape index (κ2) is 7.93. The number of ether oxygens (including phenoxy) is 1. The molecule has 0 aliphatic rings. The van der Waals surface area contributed by atoms with Gasteiger partial charge in [0.15, 0.2) is 5.69 Å². The smallest absolute Gasteiger partial charge is 0.357 e. The first-order valence-electron chi connectivity index (χ1n) is 8.87. The zero-order valence-corrected chi connectivity index (χ0v) is 17.4. The van der Waals surface area contributed by atoms with E-state index in [9.17, 15) is 18.5 Å². The van der Waals surface area contributed by atoms with Crippen LogP contribution in [0.1, 0.15) is 27.2 Å². The molecule has 1 aromatic heterocycles. The zero-order valence-electron chi connectivity index (χ0n) is 16.6. The number of anilines is 2. The summed E-state index contributed by atoms with van der Waals surface area (Å²) in [6, 6.07) is 13.3. The number of methoxy groups -OCH3 is 1. The summed E-state index contributed by atoms with van der Waals surface area (Å²) in [6.07, 6.45) is 1.40. The molecule has 0 saturated heterocycles. The van der Waals surface area contributed by atoms with E-state index in [1.165, 1.54) is 42.1 Å². The van der Waals surface area contributed by atoms with E-state index in [2.05, 4.69) is 4.72 Å². The van der Waals surface area contributed by atoms with Crippen molar-refractivity contribution in [2.45, 2.75) is 18.7 Å². The van der Waals surface area contributed by atoms with Crippen LogP contribution in [0.2, 0.25) is 0 Å². The van der Waals surface area contributed by atoms with E-state index in [1.54, 1.807) is 6.07 Å². The van der Waals surface area contributed by atoms with Gasteiger partial charge in [0.25, 0.3) is 10.0 Å². The molecule has 8 nitrogen and oxygen atoms in total. The lowest BCUT2D eigenvalue weighted by molar-refractivity contribution is 0.0593. The topological polar surface area (TPSA) is 127 Å². The van der Waals surface area contributed by atoms with Crippen molar-refractivity contribution in [3.05, 3.63) is 71.0 Å². The predicted octanol–water partition coefficient (Wildman–Crippen LogP) is 3.14. The molecule has 0 saturated carbocycles. The normalized spacial score (nSPS) is 11.0. The summed E-state index contributed by atoms with van der Waals surface area (Å²) in [5, 5.41) is 9.21. The molecule has 1 heterocycles. The molecule has 3 N–H and O–H groups in total. The Labute approximate surface area is 174 Å². The summed E-state index contributed by atoms with van der Waals surface area (Å²) in [6.45, 7) is 3.70. The lowest BCUT2D eigenvalue weighted by Crippen LogP contribution is -2.14. The minimum atomic E-state index is -3.82. The van der Waals surface area contributed by atoms with E-state index < -0.39 is 16.0 Å². The Morgan fingerprint density at radius 1 is 1.17 bits per heavy atom. The number of nitrogens with two attached hydrogens (primary N) is 1. The molecule has 0 atom stereocenters. The minimum absolute atomic E-state index is 0.00170. The van der Waals surface area contributed by atoms with Crippen LogP contribution in [0.3, 0.4) is 0 Å². The highest BCUT2D eigenvalue weighted by molar-refractivity contribution is 7.92. The summed E-state index contributed by atoms with van der Waals surface area (Å²) in [5.41, 5.74) is 8.69. The predicted molar refractivity (Wildman–Crippen MR) is 113 cm³/mol. The average molecular weight is 424 g/mol. The summed E-state index contributed by atoms with van der Waals surface area (Å²) in [7, 11) is -2.61. The van der Waals surface area contributed by atoms with Gasteiger partial charge in [0.05, 0.1) is 28.9 Å². The highest BCUT2D eigenvalue weighted by Gasteiger charge is 2.22.